The predicted molar refractivity (Wildman–Crippen MR) is 88.9 cm³/mol. The Hall–Kier alpha value is -2.03. The number of fused-ring (bicyclic) bond motifs is 1. The molecule has 1 aliphatic carbocycles. The molecule has 2 aliphatic rings. The summed E-state index contributed by atoms with van der Waals surface area (Å²) in [7, 11) is 0. The van der Waals surface area contributed by atoms with Crippen LogP contribution >= 0.6 is 0 Å². The van der Waals surface area contributed by atoms with Crippen LogP contribution in [0.5, 0.6) is 0 Å². The lowest BCUT2D eigenvalue weighted by Crippen LogP contribution is -2.28. The van der Waals surface area contributed by atoms with Gasteiger partial charge in [-0.1, -0.05) is 18.2 Å². The molecule has 3 nitrogen and oxygen atoms in total. The van der Waals surface area contributed by atoms with Crippen molar-refractivity contribution >= 4 is 11.5 Å². The zero-order valence-corrected chi connectivity index (χ0v) is 13.3. The third-order valence-corrected chi connectivity index (χ3v) is 5.01. The molecule has 0 radical (unpaired) electrons. The molecule has 2 heterocycles. The molecule has 2 aromatic rings. The smallest absolute Gasteiger partial charge is 0.183 e. The number of anilines is 1. The average molecular weight is 294 g/mol. The van der Waals surface area contributed by atoms with Crippen molar-refractivity contribution in [2.45, 2.75) is 39.2 Å². The van der Waals surface area contributed by atoms with Gasteiger partial charge >= 0.3 is 0 Å². The monoisotopic (exact) mass is 294 g/mol. The average Bonchev–Trinajstić information content (AvgIpc) is 3.19. The lowest BCUT2D eigenvalue weighted by atomic mass is 10.1. The Kier molecular flexibility index (Phi) is 3.10. The number of aromatic nitrogens is 1. The Balaban J connectivity index is 1.57. The molecule has 1 fully saturated rings. The van der Waals surface area contributed by atoms with Crippen molar-refractivity contribution in [3.63, 3.8) is 0 Å². The van der Waals surface area contributed by atoms with Crippen molar-refractivity contribution in [3.05, 3.63) is 52.8 Å². The van der Waals surface area contributed by atoms with Gasteiger partial charge in [0.15, 0.2) is 5.78 Å². The second-order valence-electron chi connectivity index (χ2n) is 6.61. The number of aryl methyl sites for hydroxylation is 1. The maximum atomic E-state index is 12.8. The standard InChI is InChI=1S/C19H22N2O/c1-13-11-17(14(2)21(13)16-7-8-16)19(22)12-20-10-9-15-5-3-4-6-18(15)20/h3-6,11,16H,7-10,12H2,1-2H3. The van der Waals surface area contributed by atoms with Crippen LogP contribution in [0.2, 0.25) is 0 Å². The van der Waals surface area contributed by atoms with Gasteiger partial charge in [-0.25, -0.2) is 0 Å². The van der Waals surface area contributed by atoms with E-state index in [-0.39, 0.29) is 5.78 Å². The van der Waals surface area contributed by atoms with Crippen molar-refractivity contribution in [1.29, 1.82) is 0 Å². The summed E-state index contributed by atoms with van der Waals surface area (Å²) >= 11 is 0. The Morgan fingerprint density at radius 2 is 2.00 bits per heavy atom. The van der Waals surface area contributed by atoms with Crippen molar-refractivity contribution in [2.24, 2.45) is 0 Å². The van der Waals surface area contributed by atoms with Crippen molar-refractivity contribution in [2.75, 3.05) is 18.0 Å². The van der Waals surface area contributed by atoms with Crippen LogP contribution in [0, 0.1) is 13.8 Å². The highest BCUT2D eigenvalue weighted by Crippen LogP contribution is 2.38. The van der Waals surface area contributed by atoms with Gasteiger partial charge in [0.2, 0.25) is 0 Å². The van der Waals surface area contributed by atoms with Gasteiger partial charge in [0.05, 0.1) is 6.54 Å². The van der Waals surface area contributed by atoms with Gasteiger partial charge in [-0.05, 0) is 50.8 Å². The highest BCUT2D eigenvalue weighted by Gasteiger charge is 2.29. The maximum absolute atomic E-state index is 12.8. The second kappa shape index (κ2) is 5.01. The van der Waals surface area contributed by atoms with Crippen LogP contribution in [0.4, 0.5) is 5.69 Å². The maximum Gasteiger partial charge on any atom is 0.183 e. The van der Waals surface area contributed by atoms with Gasteiger partial charge in [0, 0.05) is 35.2 Å². The van der Waals surface area contributed by atoms with E-state index in [2.05, 4.69) is 53.6 Å². The van der Waals surface area contributed by atoms with E-state index in [1.807, 2.05) is 0 Å². The highest BCUT2D eigenvalue weighted by atomic mass is 16.1. The van der Waals surface area contributed by atoms with Crippen LogP contribution in [-0.2, 0) is 6.42 Å². The Morgan fingerprint density at radius 1 is 1.23 bits per heavy atom. The van der Waals surface area contributed by atoms with Gasteiger partial charge in [0.25, 0.3) is 0 Å². The highest BCUT2D eigenvalue weighted by molar-refractivity contribution is 6.00. The van der Waals surface area contributed by atoms with E-state index in [4.69, 9.17) is 0 Å². The summed E-state index contributed by atoms with van der Waals surface area (Å²) in [5.74, 6) is 0.247. The third-order valence-electron chi connectivity index (χ3n) is 5.01. The molecular weight excluding hydrogens is 272 g/mol. The number of rotatable bonds is 4. The number of carbonyl (C=O) groups excluding carboxylic acids is 1. The van der Waals surface area contributed by atoms with Crippen molar-refractivity contribution < 1.29 is 4.79 Å². The van der Waals surface area contributed by atoms with Gasteiger partial charge < -0.3 is 9.47 Å². The molecule has 1 saturated carbocycles. The first kappa shape index (κ1) is 13.6. The van der Waals surface area contributed by atoms with Crippen LogP contribution in [0.1, 0.15) is 46.2 Å². The zero-order chi connectivity index (χ0) is 15.3. The van der Waals surface area contributed by atoms with E-state index in [0.29, 0.717) is 12.6 Å². The van der Waals surface area contributed by atoms with Crippen molar-refractivity contribution in [3.8, 4) is 0 Å². The molecule has 0 saturated heterocycles. The zero-order valence-electron chi connectivity index (χ0n) is 13.3. The van der Waals surface area contributed by atoms with Crippen LogP contribution in [0.25, 0.3) is 0 Å². The molecule has 22 heavy (non-hydrogen) atoms. The fourth-order valence-corrected chi connectivity index (χ4v) is 3.78. The summed E-state index contributed by atoms with van der Waals surface area (Å²) < 4.78 is 2.35. The largest absolute Gasteiger partial charge is 0.363 e. The first-order chi connectivity index (χ1) is 10.6. The molecule has 0 unspecified atom stereocenters. The molecule has 0 atom stereocenters. The number of hydrogen-bond donors (Lipinski definition) is 0. The quantitative estimate of drug-likeness (QED) is 0.804. The number of para-hydroxylation sites is 1. The normalized spacial score (nSPS) is 16.9. The number of benzene rings is 1. The summed E-state index contributed by atoms with van der Waals surface area (Å²) in [5, 5.41) is 0. The van der Waals surface area contributed by atoms with Crippen LogP contribution in [0.15, 0.2) is 30.3 Å². The lowest BCUT2D eigenvalue weighted by molar-refractivity contribution is 0.0999. The number of hydrogen-bond acceptors (Lipinski definition) is 2. The first-order valence-corrected chi connectivity index (χ1v) is 8.19. The Morgan fingerprint density at radius 3 is 2.77 bits per heavy atom. The molecule has 0 amide bonds. The van der Waals surface area contributed by atoms with E-state index in [1.165, 1.54) is 29.8 Å². The van der Waals surface area contributed by atoms with Gasteiger partial charge in [-0.3, -0.25) is 4.79 Å². The fraction of sp³-hybridized carbons (Fsp3) is 0.421. The summed E-state index contributed by atoms with van der Waals surface area (Å²) in [6.07, 6.45) is 3.55. The topological polar surface area (TPSA) is 25.2 Å². The molecule has 0 spiro atoms. The molecule has 0 N–H and O–H groups in total. The number of nitrogens with zero attached hydrogens (tertiary/aromatic N) is 2. The van der Waals surface area contributed by atoms with E-state index in [0.717, 1.165) is 24.2 Å². The van der Waals surface area contributed by atoms with E-state index >= 15 is 0 Å². The Bertz CT molecular complexity index is 740. The molecule has 1 aromatic carbocycles. The summed E-state index contributed by atoms with van der Waals surface area (Å²) in [6.45, 7) is 5.65. The first-order valence-electron chi connectivity index (χ1n) is 8.19. The van der Waals surface area contributed by atoms with E-state index < -0.39 is 0 Å². The van der Waals surface area contributed by atoms with Gasteiger partial charge in [-0.15, -0.1) is 0 Å². The second-order valence-corrected chi connectivity index (χ2v) is 6.61. The minimum atomic E-state index is 0.247. The molecule has 1 aliphatic heterocycles. The molecule has 0 bridgehead atoms. The SMILES string of the molecule is Cc1cc(C(=O)CN2CCc3ccccc32)c(C)n1C1CC1. The van der Waals surface area contributed by atoms with Crippen LogP contribution in [-0.4, -0.2) is 23.4 Å². The van der Waals surface area contributed by atoms with Gasteiger partial charge in [0.1, 0.15) is 0 Å². The molecule has 114 valence electrons. The molecule has 1 aromatic heterocycles. The molecule has 3 heteroatoms. The number of Topliss-reactive ketones (excluding diaryl/α,β-unsaturated/α-hetero) is 1. The molecular formula is C19H22N2O. The third kappa shape index (κ3) is 2.16. The van der Waals surface area contributed by atoms with Crippen LogP contribution < -0.4 is 4.90 Å². The fourth-order valence-electron chi connectivity index (χ4n) is 3.78. The minimum Gasteiger partial charge on any atom is -0.363 e. The number of carbonyl (C=O) groups is 1. The minimum absolute atomic E-state index is 0.247. The van der Waals surface area contributed by atoms with Gasteiger partial charge in [-0.2, -0.15) is 0 Å². The van der Waals surface area contributed by atoms with Crippen molar-refractivity contribution in [1.82, 2.24) is 4.57 Å². The summed E-state index contributed by atoms with van der Waals surface area (Å²) in [4.78, 5) is 15.0. The Labute approximate surface area is 131 Å². The predicted octanol–water partition coefficient (Wildman–Crippen LogP) is 3.69. The molecule has 4 rings (SSSR count). The summed E-state index contributed by atoms with van der Waals surface area (Å²) in [5.41, 5.74) is 5.88. The van der Waals surface area contributed by atoms with Crippen LogP contribution in [0.3, 0.4) is 0 Å². The van der Waals surface area contributed by atoms with E-state index in [9.17, 15) is 4.79 Å². The number of ketones is 1. The lowest BCUT2D eigenvalue weighted by Gasteiger charge is -2.18. The van der Waals surface area contributed by atoms with E-state index in [1.54, 1.807) is 0 Å². The summed E-state index contributed by atoms with van der Waals surface area (Å²) in [6, 6.07) is 11.1.